The molecule has 0 amide bonds. The molecule has 5 nitrogen and oxygen atoms in total. The maximum Gasteiger partial charge on any atom is 0.244 e. The molecule has 0 N–H and O–H groups in total. The average Bonchev–Trinajstić information content (AvgIpc) is 2.79. The van der Waals surface area contributed by atoms with E-state index in [1.165, 1.54) is 13.0 Å². The van der Waals surface area contributed by atoms with E-state index in [-0.39, 0.29) is 11.6 Å². The molecule has 0 fully saturated rings. The number of nitrogens with zero attached hydrogens (tertiary/aromatic N) is 2. The van der Waals surface area contributed by atoms with E-state index in [1.807, 2.05) is 0 Å². The molecular weight excluding hydrogens is 323 g/mol. The molecule has 1 aromatic heterocycles. The fraction of sp³-hybridized carbons (Fsp3) is 0.333. The van der Waals surface area contributed by atoms with Gasteiger partial charge in [-0.25, -0.2) is 8.42 Å². The summed E-state index contributed by atoms with van der Waals surface area (Å²) in [4.78, 5) is 3.95. The molecule has 0 aliphatic heterocycles. The van der Waals surface area contributed by atoms with E-state index in [9.17, 15) is 8.42 Å². The zero-order valence-electron chi connectivity index (χ0n) is 10.8. The van der Waals surface area contributed by atoms with Gasteiger partial charge < -0.3 is 4.52 Å². The molecule has 1 atom stereocenters. The molecule has 0 aliphatic carbocycles. The molecule has 0 spiro atoms. The summed E-state index contributed by atoms with van der Waals surface area (Å²) < 4.78 is 29.5. The van der Waals surface area contributed by atoms with Crippen LogP contribution in [0.15, 0.2) is 22.7 Å². The summed E-state index contributed by atoms with van der Waals surface area (Å²) in [6, 6.07) is 4.72. The van der Waals surface area contributed by atoms with E-state index in [0.717, 1.165) is 0 Å². The monoisotopic (exact) mass is 334 g/mol. The molecule has 8 heteroatoms. The number of rotatable bonds is 4. The van der Waals surface area contributed by atoms with Gasteiger partial charge in [-0.2, -0.15) is 4.98 Å². The van der Waals surface area contributed by atoms with Gasteiger partial charge in [-0.15, -0.1) is 0 Å². The molecule has 20 heavy (non-hydrogen) atoms. The van der Waals surface area contributed by atoms with Crippen LogP contribution in [0.5, 0.6) is 0 Å². The van der Waals surface area contributed by atoms with Crippen LogP contribution in [0.1, 0.15) is 29.5 Å². The Balaban J connectivity index is 2.24. The number of aryl methyl sites for hydroxylation is 1. The minimum Gasteiger partial charge on any atom is -0.338 e. The highest BCUT2D eigenvalue weighted by atomic mass is 35.5. The zero-order chi connectivity index (χ0) is 14.9. The summed E-state index contributed by atoms with van der Waals surface area (Å²) in [5.41, 5.74) is 0.558. The first-order chi connectivity index (χ1) is 9.29. The molecule has 2 aromatic rings. The summed E-state index contributed by atoms with van der Waals surface area (Å²) in [5, 5.41) is 3.42. The Morgan fingerprint density at radius 1 is 1.30 bits per heavy atom. The van der Waals surface area contributed by atoms with Gasteiger partial charge in [0.25, 0.3) is 0 Å². The lowest BCUT2D eigenvalue weighted by Crippen LogP contribution is -2.13. The lowest BCUT2D eigenvalue weighted by molar-refractivity contribution is 0.373. The number of halogens is 2. The van der Waals surface area contributed by atoms with E-state index < -0.39 is 15.1 Å². The molecule has 0 unspecified atom stereocenters. The Kier molecular flexibility index (Phi) is 4.36. The normalized spacial score (nSPS) is 13.4. The van der Waals surface area contributed by atoms with Gasteiger partial charge in [-0.1, -0.05) is 34.4 Å². The van der Waals surface area contributed by atoms with Crippen LogP contribution in [0.4, 0.5) is 0 Å². The Bertz CT molecular complexity index is 728. The van der Waals surface area contributed by atoms with Crippen molar-refractivity contribution < 1.29 is 12.9 Å². The SMILES string of the molecule is Cc1noc([C@H](C)S(=O)(=O)Cc2ccc(Cl)c(Cl)c2)n1. The van der Waals surface area contributed by atoms with Crippen LogP contribution in [0.25, 0.3) is 0 Å². The topological polar surface area (TPSA) is 73.1 Å². The first-order valence-electron chi connectivity index (χ1n) is 5.75. The maximum absolute atomic E-state index is 12.3. The molecule has 0 aliphatic rings. The highest BCUT2D eigenvalue weighted by molar-refractivity contribution is 7.90. The summed E-state index contributed by atoms with van der Waals surface area (Å²) >= 11 is 11.7. The van der Waals surface area contributed by atoms with E-state index in [0.29, 0.717) is 21.4 Å². The highest BCUT2D eigenvalue weighted by Crippen LogP contribution is 2.27. The second-order valence-electron chi connectivity index (χ2n) is 4.38. The van der Waals surface area contributed by atoms with Crippen molar-refractivity contribution in [2.75, 3.05) is 0 Å². The Morgan fingerprint density at radius 3 is 2.55 bits per heavy atom. The Hall–Kier alpha value is -1.11. The molecule has 108 valence electrons. The lowest BCUT2D eigenvalue weighted by atomic mass is 10.2. The molecular formula is C12H12Cl2N2O3S. The third kappa shape index (κ3) is 3.31. The van der Waals surface area contributed by atoms with Crippen molar-refractivity contribution in [3.63, 3.8) is 0 Å². The van der Waals surface area contributed by atoms with Crippen molar-refractivity contribution in [1.82, 2.24) is 10.1 Å². The van der Waals surface area contributed by atoms with Gasteiger partial charge in [0.2, 0.25) is 5.89 Å². The zero-order valence-corrected chi connectivity index (χ0v) is 13.1. The molecule has 0 bridgehead atoms. The highest BCUT2D eigenvalue weighted by Gasteiger charge is 2.28. The number of sulfone groups is 1. The van der Waals surface area contributed by atoms with Crippen LogP contribution in [-0.2, 0) is 15.6 Å². The largest absolute Gasteiger partial charge is 0.338 e. The van der Waals surface area contributed by atoms with Crippen molar-refractivity contribution in [2.45, 2.75) is 24.9 Å². The van der Waals surface area contributed by atoms with E-state index in [4.69, 9.17) is 27.7 Å². The quantitative estimate of drug-likeness (QED) is 0.856. The van der Waals surface area contributed by atoms with Gasteiger partial charge in [0.1, 0.15) is 5.25 Å². The molecule has 0 radical (unpaired) electrons. The minimum absolute atomic E-state index is 0.0857. The lowest BCUT2D eigenvalue weighted by Gasteiger charge is -2.09. The van der Waals surface area contributed by atoms with Gasteiger partial charge in [0.15, 0.2) is 15.7 Å². The van der Waals surface area contributed by atoms with Crippen molar-refractivity contribution in [3.05, 3.63) is 45.5 Å². The average molecular weight is 335 g/mol. The van der Waals surface area contributed by atoms with Crippen LogP contribution in [0.2, 0.25) is 10.0 Å². The third-order valence-corrected chi connectivity index (χ3v) is 5.54. The first kappa shape index (κ1) is 15.3. The predicted molar refractivity (Wildman–Crippen MR) is 76.5 cm³/mol. The van der Waals surface area contributed by atoms with E-state index >= 15 is 0 Å². The van der Waals surface area contributed by atoms with Crippen LogP contribution in [0, 0.1) is 6.92 Å². The van der Waals surface area contributed by atoms with Gasteiger partial charge in [-0.3, -0.25) is 0 Å². The third-order valence-electron chi connectivity index (χ3n) is 2.78. The molecule has 0 saturated carbocycles. The van der Waals surface area contributed by atoms with Gasteiger partial charge in [-0.05, 0) is 31.5 Å². The summed E-state index contributed by atoms with van der Waals surface area (Å²) in [5.74, 6) is 0.311. The number of aromatic nitrogens is 2. The summed E-state index contributed by atoms with van der Waals surface area (Å²) in [6.45, 7) is 3.14. The molecule has 1 heterocycles. The van der Waals surface area contributed by atoms with Crippen molar-refractivity contribution in [1.29, 1.82) is 0 Å². The molecule has 0 saturated heterocycles. The van der Waals surface area contributed by atoms with Gasteiger partial charge in [0.05, 0.1) is 15.8 Å². The fourth-order valence-corrected chi connectivity index (χ4v) is 3.24. The Morgan fingerprint density at radius 2 is 2.00 bits per heavy atom. The second kappa shape index (κ2) is 5.71. The van der Waals surface area contributed by atoms with Gasteiger partial charge in [0, 0.05) is 0 Å². The minimum atomic E-state index is -3.48. The maximum atomic E-state index is 12.3. The van der Waals surface area contributed by atoms with Crippen molar-refractivity contribution in [3.8, 4) is 0 Å². The van der Waals surface area contributed by atoms with Crippen LogP contribution in [-0.4, -0.2) is 18.6 Å². The van der Waals surface area contributed by atoms with Crippen LogP contribution >= 0.6 is 23.2 Å². The van der Waals surface area contributed by atoms with Crippen molar-refractivity contribution in [2.24, 2.45) is 0 Å². The van der Waals surface area contributed by atoms with Crippen LogP contribution < -0.4 is 0 Å². The Labute approximate surface area is 126 Å². The number of hydrogen-bond donors (Lipinski definition) is 0. The first-order valence-corrected chi connectivity index (χ1v) is 8.22. The fourth-order valence-electron chi connectivity index (χ4n) is 1.62. The summed E-state index contributed by atoms with van der Waals surface area (Å²) in [6.07, 6.45) is 0. The van der Waals surface area contributed by atoms with Gasteiger partial charge >= 0.3 is 0 Å². The molecule has 2 rings (SSSR count). The number of hydrogen-bond acceptors (Lipinski definition) is 5. The van der Waals surface area contributed by atoms with Crippen molar-refractivity contribution >= 4 is 33.0 Å². The van der Waals surface area contributed by atoms with Crippen LogP contribution in [0.3, 0.4) is 0 Å². The number of benzene rings is 1. The van der Waals surface area contributed by atoms with E-state index in [2.05, 4.69) is 10.1 Å². The standard InChI is InChI=1S/C12H12Cl2N2O3S/c1-7(12-15-8(2)16-19-12)20(17,18)6-9-3-4-10(13)11(14)5-9/h3-5,7H,6H2,1-2H3/t7-/m0/s1. The summed E-state index contributed by atoms with van der Waals surface area (Å²) in [7, 11) is -3.48. The molecule has 1 aromatic carbocycles. The van der Waals surface area contributed by atoms with E-state index in [1.54, 1.807) is 19.1 Å². The predicted octanol–water partition coefficient (Wildman–Crippen LogP) is 3.36. The smallest absolute Gasteiger partial charge is 0.244 e. The second-order valence-corrected chi connectivity index (χ2v) is 7.51.